The molecule has 13 heavy (non-hydrogen) atoms. The maximum atomic E-state index is 11.3. The van der Waals surface area contributed by atoms with E-state index in [9.17, 15) is 4.79 Å². The lowest BCUT2D eigenvalue weighted by molar-refractivity contribution is -0.119. The Morgan fingerprint density at radius 3 is 2.85 bits per heavy atom. The van der Waals surface area contributed by atoms with Gasteiger partial charge in [0.25, 0.3) is 0 Å². The van der Waals surface area contributed by atoms with Crippen LogP contribution >= 0.6 is 0 Å². The SMILES string of the molecule is CC(=O)C1NCC2OC(C)(C)CC21. The molecule has 74 valence electrons. The Labute approximate surface area is 78.8 Å². The monoisotopic (exact) mass is 183 g/mol. The molecule has 0 aliphatic carbocycles. The number of carbonyl (C=O) groups excluding carboxylic acids is 1. The molecule has 3 atom stereocenters. The van der Waals surface area contributed by atoms with Gasteiger partial charge in [-0.2, -0.15) is 0 Å². The van der Waals surface area contributed by atoms with Gasteiger partial charge in [0, 0.05) is 12.5 Å². The summed E-state index contributed by atoms with van der Waals surface area (Å²) >= 11 is 0. The van der Waals surface area contributed by atoms with Crippen molar-refractivity contribution in [3.05, 3.63) is 0 Å². The first-order valence-corrected chi connectivity index (χ1v) is 4.91. The van der Waals surface area contributed by atoms with Crippen molar-refractivity contribution in [2.24, 2.45) is 5.92 Å². The molecule has 3 unspecified atom stereocenters. The van der Waals surface area contributed by atoms with Crippen molar-refractivity contribution in [2.75, 3.05) is 6.54 Å². The zero-order chi connectivity index (χ0) is 9.64. The Morgan fingerprint density at radius 2 is 2.23 bits per heavy atom. The van der Waals surface area contributed by atoms with Gasteiger partial charge in [-0.3, -0.25) is 4.79 Å². The minimum Gasteiger partial charge on any atom is -0.371 e. The largest absolute Gasteiger partial charge is 0.371 e. The van der Waals surface area contributed by atoms with E-state index >= 15 is 0 Å². The molecule has 0 aromatic rings. The second-order valence-corrected chi connectivity index (χ2v) is 4.78. The van der Waals surface area contributed by atoms with E-state index in [1.807, 2.05) is 0 Å². The molecule has 0 radical (unpaired) electrons. The quantitative estimate of drug-likeness (QED) is 0.651. The summed E-state index contributed by atoms with van der Waals surface area (Å²) in [4.78, 5) is 11.3. The van der Waals surface area contributed by atoms with Crippen molar-refractivity contribution >= 4 is 5.78 Å². The summed E-state index contributed by atoms with van der Waals surface area (Å²) in [5, 5.41) is 3.22. The fraction of sp³-hybridized carbons (Fsp3) is 0.900. The summed E-state index contributed by atoms with van der Waals surface area (Å²) in [5.74, 6) is 0.640. The van der Waals surface area contributed by atoms with Gasteiger partial charge in [0.2, 0.25) is 0 Å². The van der Waals surface area contributed by atoms with Crippen LogP contribution in [0.1, 0.15) is 27.2 Å². The smallest absolute Gasteiger partial charge is 0.147 e. The highest BCUT2D eigenvalue weighted by molar-refractivity contribution is 5.82. The van der Waals surface area contributed by atoms with Crippen molar-refractivity contribution in [1.29, 1.82) is 0 Å². The van der Waals surface area contributed by atoms with Crippen LogP contribution in [0.4, 0.5) is 0 Å². The topological polar surface area (TPSA) is 38.3 Å². The highest BCUT2D eigenvalue weighted by atomic mass is 16.5. The van der Waals surface area contributed by atoms with Gasteiger partial charge in [-0.1, -0.05) is 0 Å². The highest BCUT2D eigenvalue weighted by Crippen LogP contribution is 2.39. The molecule has 3 nitrogen and oxygen atoms in total. The zero-order valence-electron chi connectivity index (χ0n) is 8.46. The van der Waals surface area contributed by atoms with E-state index in [-0.39, 0.29) is 23.5 Å². The Kier molecular flexibility index (Phi) is 1.96. The molecule has 0 aromatic carbocycles. The summed E-state index contributed by atoms with van der Waals surface area (Å²) in [7, 11) is 0. The molecule has 0 aromatic heterocycles. The van der Waals surface area contributed by atoms with Crippen LogP contribution in [0, 0.1) is 5.92 Å². The van der Waals surface area contributed by atoms with Crippen molar-refractivity contribution in [3.63, 3.8) is 0 Å². The summed E-state index contributed by atoms with van der Waals surface area (Å²) in [6.07, 6.45) is 1.25. The molecule has 0 spiro atoms. The van der Waals surface area contributed by atoms with Crippen LogP contribution in [-0.4, -0.2) is 30.1 Å². The predicted octanol–water partition coefficient (Wildman–Crippen LogP) is 0.731. The number of carbonyl (C=O) groups is 1. The number of nitrogens with one attached hydrogen (secondary N) is 1. The first-order chi connectivity index (χ1) is 5.99. The van der Waals surface area contributed by atoms with E-state index in [1.165, 1.54) is 0 Å². The summed E-state index contributed by atoms with van der Waals surface area (Å²) < 4.78 is 5.84. The third-order valence-electron chi connectivity index (χ3n) is 3.08. The highest BCUT2D eigenvalue weighted by Gasteiger charge is 2.48. The Morgan fingerprint density at radius 1 is 1.54 bits per heavy atom. The van der Waals surface area contributed by atoms with Crippen LogP contribution in [-0.2, 0) is 9.53 Å². The Balaban J connectivity index is 2.12. The number of hydrogen-bond acceptors (Lipinski definition) is 3. The van der Waals surface area contributed by atoms with Crippen LogP contribution in [0.25, 0.3) is 0 Å². The van der Waals surface area contributed by atoms with Crippen LogP contribution < -0.4 is 5.32 Å². The van der Waals surface area contributed by atoms with E-state index in [1.54, 1.807) is 6.92 Å². The van der Waals surface area contributed by atoms with Gasteiger partial charge in [-0.25, -0.2) is 0 Å². The van der Waals surface area contributed by atoms with Gasteiger partial charge in [-0.05, 0) is 27.2 Å². The first-order valence-electron chi connectivity index (χ1n) is 4.91. The lowest BCUT2D eigenvalue weighted by atomic mass is 9.89. The number of ether oxygens (including phenoxy) is 1. The molecular weight excluding hydrogens is 166 g/mol. The minimum absolute atomic E-state index is 0.0341. The molecular formula is C10H17NO2. The number of ketones is 1. The first kappa shape index (κ1) is 9.16. The van der Waals surface area contributed by atoms with Gasteiger partial charge < -0.3 is 10.1 Å². The second kappa shape index (κ2) is 2.79. The molecule has 2 heterocycles. The van der Waals surface area contributed by atoms with Gasteiger partial charge in [0.05, 0.1) is 17.7 Å². The normalized spacial score (nSPS) is 41.9. The van der Waals surface area contributed by atoms with E-state index in [2.05, 4.69) is 19.2 Å². The van der Waals surface area contributed by atoms with Gasteiger partial charge >= 0.3 is 0 Å². The number of rotatable bonds is 1. The van der Waals surface area contributed by atoms with E-state index in [0.29, 0.717) is 5.92 Å². The number of fused-ring (bicyclic) bond motifs is 1. The molecule has 2 saturated heterocycles. The summed E-state index contributed by atoms with van der Waals surface area (Å²) in [6, 6.07) is 0.0341. The molecule has 0 bridgehead atoms. The van der Waals surface area contributed by atoms with E-state index in [4.69, 9.17) is 4.74 Å². The van der Waals surface area contributed by atoms with Gasteiger partial charge in [-0.15, -0.1) is 0 Å². The number of Topliss-reactive ketones (excluding diaryl/α,β-unsaturated/α-hetero) is 1. The maximum Gasteiger partial charge on any atom is 0.147 e. The average molecular weight is 183 g/mol. The maximum absolute atomic E-state index is 11.3. The predicted molar refractivity (Wildman–Crippen MR) is 49.5 cm³/mol. The molecule has 2 fully saturated rings. The van der Waals surface area contributed by atoms with Crippen molar-refractivity contribution in [2.45, 2.75) is 44.9 Å². The third kappa shape index (κ3) is 1.51. The minimum atomic E-state index is -0.0366. The fourth-order valence-electron chi connectivity index (χ4n) is 2.61. The third-order valence-corrected chi connectivity index (χ3v) is 3.08. The summed E-state index contributed by atoms with van der Waals surface area (Å²) in [6.45, 7) is 6.69. The molecule has 2 aliphatic rings. The van der Waals surface area contributed by atoms with Crippen LogP contribution in [0.2, 0.25) is 0 Å². The molecule has 0 saturated carbocycles. The molecule has 2 aliphatic heterocycles. The standard InChI is InChI=1S/C10H17NO2/c1-6(12)9-7-4-10(2,3)13-8(7)5-11-9/h7-9,11H,4-5H2,1-3H3. The van der Waals surface area contributed by atoms with Crippen molar-refractivity contribution < 1.29 is 9.53 Å². The van der Waals surface area contributed by atoms with Crippen LogP contribution in [0.5, 0.6) is 0 Å². The van der Waals surface area contributed by atoms with Crippen LogP contribution in [0.15, 0.2) is 0 Å². The van der Waals surface area contributed by atoms with E-state index < -0.39 is 0 Å². The van der Waals surface area contributed by atoms with E-state index in [0.717, 1.165) is 13.0 Å². The Bertz CT molecular complexity index is 237. The lowest BCUT2D eigenvalue weighted by Gasteiger charge is -2.20. The zero-order valence-corrected chi connectivity index (χ0v) is 8.46. The average Bonchev–Trinajstić information content (AvgIpc) is 2.41. The van der Waals surface area contributed by atoms with Crippen LogP contribution in [0.3, 0.4) is 0 Å². The van der Waals surface area contributed by atoms with Crippen molar-refractivity contribution in [1.82, 2.24) is 5.32 Å². The molecule has 0 amide bonds. The van der Waals surface area contributed by atoms with Crippen molar-refractivity contribution in [3.8, 4) is 0 Å². The lowest BCUT2D eigenvalue weighted by Crippen LogP contribution is -2.35. The molecule has 1 N–H and O–H groups in total. The number of hydrogen-bond donors (Lipinski definition) is 1. The fourth-order valence-corrected chi connectivity index (χ4v) is 2.61. The van der Waals surface area contributed by atoms with Gasteiger partial charge in [0.1, 0.15) is 5.78 Å². The summed E-state index contributed by atoms with van der Waals surface area (Å²) in [5.41, 5.74) is -0.0366. The molecule has 2 rings (SSSR count). The second-order valence-electron chi connectivity index (χ2n) is 4.78. The molecule has 3 heteroatoms. The van der Waals surface area contributed by atoms with Gasteiger partial charge in [0.15, 0.2) is 0 Å². The Hall–Kier alpha value is -0.410.